The molecule has 4 aliphatic carbocycles. The molecule has 1 N–H and O–H groups in total. The summed E-state index contributed by atoms with van der Waals surface area (Å²) < 4.78 is 5.75. The van der Waals surface area contributed by atoms with Crippen LogP contribution in [0, 0.1) is 34.5 Å². The fourth-order valence-corrected chi connectivity index (χ4v) is 7.96. The SMILES string of the molecule is C=C[C@]1(O)CCC2C3CCC4C[C@H](OC(=O)N(C)C)CC[C@]4(C)C3CCC21C. The fourth-order valence-electron chi connectivity index (χ4n) is 7.96. The van der Waals surface area contributed by atoms with Gasteiger partial charge in [0.25, 0.3) is 0 Å². The first-order chi connectivity index (χ1) is 13.1. The summed E-state index contributed by atoms with van der Waals surface area (Å²) in [6, 6.07) is 0. The molecule has 0 spiro atoms. The van der Waals surface area contributed by atoms with Gasteiger partial charge in [-0.15, -0.1) is 6.58 Å². The van der Waals surface area contributed by atoms with Gasteiger partial charge in [-0.05, 0) is 86.9 Å². The number of hydrogen-bond donors (Lipinski definition) is 1. The maximum Gasteiger partial charge on any atom is 0.409 e. The number of aliphatic hydroxyl groups is 1. The molecule has 0 aliphatic heterocycles. The second kappa shape index (κ2) is 6.75. The Hall–Kier alpha value is -1.03. The maximum absolute atomic E-state index is 12.0. The van der Waals surface area contributed by atoms with E-state index in [2.05, 4.69) is 20.4 Å². The molecule has 8 atom stereocenters. The molecular weight excluding hydrogens is 350 g/mol. The van der Waals surface area contributed by atoms with E-state index in [4.69, 9.17) is 4.74 Å². The first-order valence-corrected chi connectivity index (χ1v) is 11.4. The summed E-state index contributed by atoms with van der Waals surface area (Å²) in [5.41, 5.74) is -0.323. The summed E-state index contributed by atoms with van der Waals surface area (Å²) in [5, 5.41) is 11.2. The van der Waals surface area contributed by atoms with Gasteiger partial charge in [0.15, 0.2) is 0 Å². The number of rotatable bonds is 2. The molecule has 4 rings (SSSR count). The standard InChI is InChI=1S/C24H39NO3/c1-6-24(27)14-11-20-18-8-7-16-15-17(28-21(26)25(4)5)9-12-22(16,2)19(18)10-13-23(20,24)3/h6,16-20,27H,1,7-15H2,2-5H3/t16?,17-,18?,19?,20?,22+,23?,24+/m1/s1. The van der Waals surface area contributed by atoms with Gasteiger partial charge in [-0.2, -0.15) is 0 Å². The van der Waals surface area contributed by atoms with E-state index in [1.54, 1.807) is 14.1 Å². The maximum atomic E-state index is 12.0. The Balaban J connectivity index is 1.51. The molecule has 1 amide bonds. The first-order valence-electron chi connectivity index (χ1n) is 11.4. The van der Waals surface area contributed by atoms with Crippen LogP contribution in [0.5, 0.6) is 0 Å². The number of carbonyl (C=O) groups excluding carboxylic acids is 1. The number of amides is 1. The Kier molecular flexibility index (Phi) is 4.88. The van der Waals surface area contributed by atoms with Crippen molar-refractivity contribution in [1.29, 1.82) is 0 Å². The van der Waals surface area contributed by atoms with Crippen LogP contribution in [0.3, 0.4) is 0 Å². The molecule has 4 nitrogen and oxygen atoms in total. The number of carbonyl (C=O) groups is 1. The molecule has 0 aromatic heterocycles. The minimum Gasteiger partial charge on any atom is -0.446 e. The summed E-state index contributed by atoms with van der Waals surface area (Å²) >= 11 is 0. The first kappa shape index (κ1) is 20.3. The van der Waals surface area contributed by atoms with Crippen LogP contribution in [-0.2, 0) is 4.74 Å². The number of hydrogen-bond acceptors (Lipinski definition) is 3. The topological polar surface area (TPSA) is 49.8 Å². The average Bonchev–Trinajstić information content (AvgIpc) is 2.93. The van der Waals surface area contributed by atoms with E-state index in [-0.39, 0.29) is 17.6 Å². The molecule has 5 unspecified atom stereocenters. The fraction of sp³-hybridized carbons (Fsp3) is 0.875. The summed E-state index contributed by atoms with van der Waals surface area (Å²) in [5.74, 6) is 2.76. The van der Waals surface area contributed by atoms with Crippen LogP contribution >= 0.6 is 0 Å². The van der Waals surface area contributed by atoms with Crippen molar-refractivity contribution in [1.82, 2.24) is 4.90 Å². The molecule has 4 fully saturated rings. The van der Waals surface area contributed by atoms with Crippen LogP contribution in [0.1, 0.15) is 71.6 Å². The van der Waals surface area contributed by atoms with Crippen LogP contribution in [0.2, 0.25) is 0 Å². The highest BCUT2D eigenvalue weighted by Gasteiger charge is 2.63. The highest BCUT2D eigenvalue weighted by Crippen LogP contribution is 2.68. The summed E-state index contributed by atoms with van der Waals surface area (Å²) in [4.78, 5) is 13.5. The Morgan fingerprint density at radius 2 is 1.79 bits per heavy atom. The predicted molar refractivity (Wildman–Crippen MR) is 111 cm³/mol. The smallest absolute Gasteiger partial charge is 0.409 e. The third-order valence-corrected chi connectivity index (χ3v) is 9.80. The van der Waals surface area contributed by atoms with Gasteiger partial charge >= 0.3 is 6.09 Å². The van der Waals surface area contributed by atoms with E-state index < -0.39 is 5.60 Å². The van der Waals surface area contributed by atoms with Crippen LogP contribution in [0.4, 0.5) is 4.79 Å². The van der Waals surface area contributed by atoms with E-state index in [9.17, 15) is 9.90 Å². The van der Waals surface area contributed by atoms with Crippen molar-refractivity contribution >= 4 is 6.09 Å². The second-order valence-electron chi connectivity index (χ2n) is 11.0. The van der Waals surface area contributed by atoms with Crippen molar-refractivity contribution in [3.63, 3.8) is 0 Å². The van der Waals surface area contributed by atoms with E-state index in [0.717, 1.165) is 43.9 Å². The van der Waals surface area contributed by atoms with Crippen molar-refractivity contribution in [2.75, 3.05) is 14.1 Å². The lowest BCUT2D eigenvalue weighted by molar-refractivity contribution is -0.147. The van der Waals surface area contributed by atoms with Crippen LogP contribution < -0.4 is 0 Å². The van der Waals surface area contributed by atoms with Gasteiger partial charge in [-0.3, -0.25) is 0 Å². The molecule has 0 aromatic carbocycles. The monoisotopic (exact) mass is 389 g/mol. The van der Waals surface area contributed by atoms with Gasteiger partial charge in [-0.25, -0.2) is 4.79 Å². The highest BCUT2D eigenvalue weighted by molar-refractivity contribution is 5.66. The molecule has 0 aromatic rings. The van der Waals surface area contributed by atoms with Gasteiger partial charge in [0.1, 0.15) is 6.10 Å². The Morgan fingerprint density at radius 1 is 1.07 bits per heavy atom. The van der Waals surface area contributed by atoms with Crippen molar-refractivity contribution < 1.29 is 14.6 Å². The zero-order valence-corrected chi connectivity index (χ0v) is 18.2. The third-order valence-electron chi connectivity index (χ3n) is 9.80. The van der Waals surface area contributed by atoms with Crippen molar-refractivity contribution in [3.05, 3.63) is 12.7 Å². The number of ether oxygens (including phenoxy) is 1. The third kappa shape index (κ3) is 2.77. The molecular formula is C24H39NO3. The second-order valence-corrected chi connectivity index (χ2v) is 11.0. The van der Waals surface area contributed by atoms with Gasteiger partial charge in [-0.1, -0.05) is 19.9 Å². The van der Waals surface area contributed by atoms with Crippen molar-refractivity contribution in [2.24, 2.45) is 34.5 Å². The van der Waals surface area contributed by atoms with Gasteiger partial charge in [0.2, 0.25) is 0 Å². The van der Waals surface area contributed by atoms with E-state index in [0.29, 0.717) is 17.3 Å². The van der Waals surface area contributed by atoms with Crippen molar-refractivity contribution in [3.8, 4) is 0 Å². The van der Waals surface area contributed by atoms with E-state index >= 15 is 0 Å². The molecule has 4 aliphatic rings. The van der Waals surface area contributed by atoms with Gasteiger partial charge in [0, 0.05) is 19.5 Å². The summed E-state index contributed by atoms with van der Waals surface area (Å²) in [7, 11) is 3.51. The lowest BCUT2D eigenvalue weighted by atomic mass is 9.44. The Labute approximate surface area is 170 Å². The molecule has 4 heteroatoms. The Bertz CT molecular complexity index is 648. The van der Waals surface area contributed by atoms with Crippen molar-refractivity contribution in [2.45, 2.75) is 83.3 Å². The van der Waals surface area contributed by atoms with E-state index in [1.165, 1.54) is 30.6 Å². The molecule has 28 heavy (non-hydrogen) atoms. The normalized spacial score (nSPS) is 50.1. The quantitative estimate of drug-likeness (QED) is 0.675. The predicted octanol–water partition coefficient (Wildman–Crippen LogP) is 5.01. The molecule has 158 valence electrons. The minimum atomic E-state index is -0.682. The zero-order chi connectivity index (χ0) is 20.3. The highest BCUT2D eigenvalue weighted by atomic mass is 16.6. The lowest BCUT2D eigenvalue weighted by Gasteiger charge is -2.61. The van der Waals surface area contributed by atoms with E-state index in [1.807, 2.05) is 6.08 Å². The Morgan fingerprint density at radius 3 is 2.46 bits per heavy atom. The molecule has 0 saturated heterocycles. The van der Waals surface area contributed by atoms with Gasteiger partial charge < -0.3 is 14.7 Å². The van der Waals surface area contributed by atoms with Crippen LogP contribution in [-0.4, -0.2) is 41.9 Å². The largest absolute Gasteiger partial charge is 0.446 e. The molecule has 4 saturated carbocycles. The summed E-state index contributed by atoms with van der Waals surface area (Å²) in [6.45, 7) is 8.83. The average molecular weight is 390 g/mol. The zero-order valence-electron chi connectivity index (χ0n) is 18.2. The molecule has 0 radical (unpaired) electrons. The van der Waals surface area contributed by atoms with Gasteiger partial charge in [0.05, 0.1) is 5.60 Å². The van der Waals surface area contributed by atoms with Crippen LogP contribution in [0.15, 0.2) is 12.7 Å². The number of fused-ring (bicyclic) bond motifs is 5. The number of nitrogens with zero attached hydrogens (tertiary/aromatic N) is 1. The molecule has 0 heterocycles. The summed E-state index contributed by atoms with van der Waals surface area (Å²) in [6.07, 6.45) is 11.8. The minimum absolute atomic E-state index is 0.00242. The molecule has 0 bridgehead atoms. The van der Waals surface area contributed by atoms with Crippen LogP contribution in [0.25, 0.3) is 0 Å². The lowest BCUT2D eigenvalue weighted by Crippen LogP contribution is -2.56.